The van der Waals surface area contributed by atoms with Gasteiger partial charge < -0.3 is 10.1 Å². The van der Waals surface area contributed by atoms with E-state index in [1.54, 1.807) is 18.2 Å². The Hall–Kier alpha value is -3.65. The number of nitrogens with zero attached hydrogens (tertiary/aromatic N) is 3. The Morgan fingerprint density at radius 2 is 1.73 bits per heavy atom. The fourth-order valence-electron chi connectivity index (χ4n) is 3.12. The highest BCUT2D eigenvalue weighted by molar-refractivity contribution is 7.99. The Morgan fingerprint density at radius 3 is 2.48 bits per heavy atom. The molecule has 0 saturated carbocycles. The minimum atomic E-state index is -0.442. The van der Waals surface area contributed by atoms with Crippen LogP contribution in [0.4, 0.5) is 4.39 Å². The molecular formula is C25H23FN4O2S. The Labute approximate surface area is 195 Å². The number of nitrogens with one attached hydrogen (secondary N) is 1. The van der Waals surface area contributed by atoms with Crippen molar-refractivity contribution < 1.29 is 13.9 Å². The Balaban J connectivity index is 1.44. The van der Waals surface area contributed by atoms with Gasteiger partial charge in [-0.3, -0.25) is 9.36 Å². The number of aromatic nitrogens is 3. The molecule has 1 N–H and O–H groups in total. The first-order valence-electron chi connectivity index (χ1n) is 10.4. The normalized spacial score (nSPS) is 10.7. The van der Waals surface area contributed by atoms with Crippen molar-refractivity contribution in [1.82, 2.24) is 20.1 Å². The first-order valence-corrected chi connectivity index (χ1v) is 11.4. The van der Waals surface area contributed by atoms with Crippen molar-refractivity contribution in [2.45, 2.75) is 25.2 Å². The second-order valence-electron chi connectivity index (χ2n) is 7.34. The van der Waals surface area contributed by atoms with Gasteiger partial charge in [0.05, 0.1) is 5.75 Å². The highest BCUT2D eigenvalue weighted by atomic mass is 32.2. The monoisotopic (exact) mass is 462 g/mol. The summed E-state index contributed by atoms with van der Waals surface area (Å²) < 4.78 is 21.4. The molecule has 0 bridgehead atoms. The van der Waals surface area contributed by atoms with Crippen LogP contribution >= 0.6 is 11.8 Å². The minimum absolute atomic E-state index is 0.0308. The summed E-state index contributed by atoms with van der Waals surface area (Å²) in [6.07, 6.45) is 0. The summed E-state index contributed by atoms with van der Waals surface area (Å²) in [6.45, 7) is 2.52. The molecule has 4 rings (SSSR count). The van der Waals surface area contributed by atoms with Crippen molar-refractivity contribution in [1.29, 1.82) is 0 Å². The number of amides is 1. The van der Waals surface area contributed by atoms with Crippen LogP contribution in [0.25, 0.3) is 5.69 Å². The van der Waals surface area contributed by atoms with E-state index in [1.165, 1.54) is 23.4 Å². The molecule has 0 aliphatic rings. The van der Waals surface area contributed by atoms with E-state index in [-0.39, 0.29) is 24.0 Å². The standard InChI is InChI=1S/C25H23FN4O2S/c1-18-11-13-19(14-12-18)15-27-24(31)17-33-25-29-28-23(30(25)20-7-3-2-4-8-20)16-32-22-10-6-5-9-21(22)26/h2-14H,15-17H2,1H3,(H,27,31). The molecular weight excluding hydrogens is 439 g/mol. The topological polar surface area (TPSA) is 69.0 Å². The van der Waals surface area contributed by atoms with E-state index in [0.29, 0.717) is 17.5 Å². The Morgan fingerprint density at radius 1 is 1.00 bits per heavy atom. The van der Waals surface area contributed by atoms with Gasteiger partial charge >= 0.3 is 0 Å². The lowest BCUT2D eigenvalue weighted by atomic mass is 10.1. The van der Waals surface area contributed by atoms with Crippen LogP contribution in [0, 0.1) is 12.7 Å². The van der Waals surface area contributed by atoms with Gasteiger partial charge in [0, 0.05) is 12.2 Å². The Kier molecular flexibility index (Phi) is 7.36. The van der Waals surface area contributed by atoms with Gasteiger partial charge in [0.25, 0.3) is 0 Å². The van der Waals surface area contributed by atoms with Gasteiger partial charge in [-0.1, -0.05) is 71.9 Å². The first kappa shape index (κ1) is 22.5. The van der Waals surface area contributed by atoms with Gasteiger partial charge in [-0.2, -0.15) is 0 Å². The van der Waals surface area contributed by atoms with E-state index in [1.807, 2.05) is 66.1 Å². The van der Waals surface area contributed by atoms with Crippen molar-refractivity contribution in [3.63, 3.8) is 0 Å². The summed E-state index contributed by atoms with van der Waals surface area (Å²) in [7, 11) is 0. The smallest absolute Gasteiger partial charge is 0.230 e. The van der Waals surface area contributed by atoms with E-state index in [2.05, 4.69) is 15.5 Å². The molecule has 0 atom stereocenters. The van der Waals surface area contributed by atoms with Crippen molar-refractivity contribution >= 4 is 17.7 Å². The maximum absolute atomic E-state index is 13.9. The average molecular weight is 463 g/mol. The molecule has 1 heterocycles. The highest BCUT2D eigenvalue weighted by Crippen LogP contribution is 2.24. The number of para-hydroxylation sites is 2. The molecule has 0 aliphatic carbocycles. The second kappa shape index (κ2) is 10.8. The molecule has 1 amide bonds. The number of hydrogen-bond donors (Lipinski definition) is 1. The fourth-order valence-corrected chi connectivity index (χ4v) is 3.92. The van der Waals surface area contributed by atoms with Crippen molar-refractivity contribution in [3.8, 4) is 11.4 Å². The number of aryl methyl sites for hydroxylation is 1. The minimum Gasteiger partial charge on any atom is -0.483 e. The van der Waals surface area contributed by atoms with Gasteiger partial charge in [0.2, 0.25) is 5.91 Å². The molecule has 0 aliphatic heterocycles. The molecule has 33 heavy (non-hydrogen) atoms. The molecule has 8 heteroatoms. The van der Waals surface area contributed by atoms with Crippen LogP contribution in [0.1, 0.15) is 17.0 Å². The molecule has 168 valence electrons. The number of carbonyl (C=O) groups is 1. The highest BCUT2D eigenvalue weighted by Gasteiger charge is 2.17. The van der Waals surface area contributed by atoms with Gasteiger partial charge in [0.1, 0.15) is 6.61 Å². The molecule has 0 unspecified atom stereocenters. The zero-order chi connectivity index (χ0) is 23.0. The lowest BCUT2D eigenvalue weighted by molar-refractivity contribution is -0.118. The number of halogens is 1. The SMILES string of the molecule is Cc1ccc(CNC(=O)CSc2nnc(COc3ccccc3F)n2-c2ccccc2)cc1. The van der Waals surface area contributed by atoms with E-state index < -0.39 is 5.82 Å². The van der Waals surface area contributed by atoms with E-state index in [4.69, 9.17) is 4.74 Å². The van der Waals surface area contributed by atoms with Crippen LogP contribution < -0.4 is 10.1 Å². The van der Waals surface area contributed by atoms with Crippen LogP contribution in [-0.2, 0) is 17.9 Å². The third-order valence-corrected chi connectivity index (χ3v) is 5.78. The number of benzene rings is 3. The van der Waals surface area contributed by atoms with Crippen molar-refractivity contribution in [2.24, 2.45) is 0 Å². The van der Waals surface area contributed by atoms with Gasteiger partial charge in [0.15, 0.2) is 22.5 Å². The van der Waals surface area contributed by atoms with Crippen molar-refractivity contribution in [3.05, 3.63) is 102 Å². The maximum Gasteiger partial charge on any atom is 0.230 e. The average Bonchev–Trinajstić information content (AvgIpc) is 3.25. The molecule has 0 saturated heterocycles. The summed E-state index contributed by atoms with van der Waals surface area (Å²) in [5, 5.41) is 12.0. The molecule has 4 aromatic rings. The molecule has 0 fully saturated rings. The Bertz CT molecular complexity index is 1210. The fraction of sp³-hybridized carbons (Fsp3) is 0.160. The third kappa shape index (κ3) is 5.98. The lowest BCUT2D eigenvalue weighted by Gasteiger charge is -2.11. The van der Waals surface area contributed by atoms with E-state index in [0.717, 1.165) is 11.3 Å². The van der Waals surface area contributed by atoms with Gasteiger partial charge in [-0.15, -0.1) is 10.2 Å². The van der Waals surface area contributed by atoms with Crippen LogP contribution in [-0.4, -0.2) is 26.4 Å². The summed E-state index contributed by atoms with van der Waals surface area (Å²) in [5.74, 6) is 0.289. The molecule has 3 aromatic carbocycles. The first-order chi connectivity index (χ1) is 16.1. The second-order valence-corrected chi connectivity index (χ2v) is 8.28. The number of thioether (sulfide) groups is 1. The largest absolute Gasteiger partial charge is 0.483 e. The van der Waals surface area contributed by atoms with Crippen LogP contribution in [0.5, 0.6) is 5.75 Å². The molecule has 1 aromatic heterocycles. The summed E-state index contributed by atoms with van der Waals surface area (Å²) in [6, 6.07) is 23.8. The van der Waals surface area contributed by atoms with Crippen LogP contribution in [0.3, 0.4) is 0 Å². The molecule has 0 spiro atoms. The summed E-state index contributed by atoms with van der Waals surface area (Å²) in [5.41, 5.74) is 3.05. The summed E-state index contributed by atoms with van der Waals surface area (Å²) >= 11 is 1.28. The quantitative estimate of drug-likeness (QED) is 0.365. The number of hydrogen-bond acceptors (Lipinski definition) is 5. The number of rotatable bonds is 9. The number of ether oxygens (including phenoxy) is 1. The number of carbonyl (C=O) groups excluding carboxylic acids is 1. The zero-order valence-corrected chi connectivity index (χ0v) is 18.9. The lowest BCUT2D eigenvalue weighted by Crippen LogP contribution is -2.24. The predicted molar refractivity (Wildman–Crippen MR) is 126 cm³/mol. The van der Waals surface area contributed by atoms with E-state index in [9.17, 15) is 9.18 Å². The van der Waals surface area contributed by atoms with Gasteiger partial charge in [-0.25, -0.2) is 4.39 Å². The third-order valence-electron chi connectivity index (χ3n) is 4.85. The van der Waals surface area contributed by atoms with Crippen LogP contribution in [0.15, 0.2) is 84.0 Å². The van der Waals surface area contributed by atoms with Crippen LogP contribution in [0.2, 0.25) is 0 Å². The molecule has 6 nitrogen and oxygen atoms in total. The maximum atomic E-state index is 13.9. The zero-order valence-electron chi connectivity index (χ0n) is 18.1. The molecule has 0 radical (unpaired) electrons. The summed E-state index contributed by atoms with van der Waals surface area (Å²) in [4.78, 5) is 12.4. The predicted octanol–water partition coefficient (Wildman–Crippen LogP) is 4.70. The van der Waals surface area contributed by atoms with E-state index >= 15 is 0 Å². The van der Waals surface area contributed by atoms with Gasteiger partial charge in [-0.05, 0) is 36.8 Å². The van der Waals surface area contributed by atoms with Crippen molar-refractivity contribution in [2.75, 3.05) is 5.75 Å².